The van der Waals surface area contributed by atoms with Crippen molar-refractivity contribution in [1.29, 1.82) is 0 Å². The maximum Gasteiger partial charge on any atom is 0.154 e. The van der Waals surface area contributed by atoms with Gasteiger partial charge in [-0.2, -0.15) is 0 Å². The first kappa shape index (κ1) is 29.0. The fraction of sp³-hybridized carbons (Fsp3) is 0.760. The normalized spacial score (nSPS) is 12.3. The number of aromatic hydroxyl groups is 1. The third-order valence-corrected chi connectivity index (χ3v) is 9.33. The van der Waals surface area contributed by atoms with E-state index in [2.05, 4.69) is 13.8 Å². The number of benzene rings is 1. The van der Waals surface area contributed by atoms with E-state index < -0.39 is 19.7 Å². The fourth-order valence-corrected chi connectivity index (χ4v) is 7.11. The van der Waals surface area contributed by atoms with Gasteiger partial charge in [0.1, 0.15) is 5.75 Å². The summed E-state index contributed by atoms with van der Waals surface area (Å²) in [6.45, 7) is 5.96. The molecule has 0 heterocycles. The predicted octanol–water partition coefficient (Wildman–Crippen LogP) is 6.25. The highest BCUT2D eigenvalue weighted by atomic mass is 32.2. The van der Waals surface area contributed by atoms with Crippen molar-refractivity contribution in [1.82, 2.24) is 0 Å². The molecule has 0 amide bonds. The number of sulfone groups is 2. The van der Waals surface area contributed by atoms with Crippen LogP contribution in [0.1, 0.15) is 108 Å². The van der Waals surface area contributed by atoms with E-state index in [1.54, 1.807) is 13.0 Å². The lowest BCUT2D eigenvalue weighted by Gasteiger charge is -2.15. The molecular weight excluding hydrogens is 444 g/mol. The molecule has 0 atom stereocenters. The van der Waals surface area contributed by atoms with E-state index >= 15 is 0 Å². The maximum atomic E-state index is 12.7. The molecule has 0 aliphatic carbocycles. The zero-order valence-corrected chi connectivity index (χ0v) is 22.0. The second-order valence-corrected chi connectivity index (χ2v) is 13.4. The molecule has 0 aliphatic heterocycles. The minimum absolute atomic E-state index is 0.00633. The molecule has 0 fully saturated rings. The van der Waals surface area contributed by atoms with Gasteiger partial charge in [-0.25, -0.2) is 16.8 Å². The van der Waals surface area contributed by atoms with E-state index in [1.807, 2.05) is 0 Å². The predicted molar refractivity (Wildman–Crippen MR) is 135 cm³/mol. The molecule has 0 saturated carbocycles. The van der Waals surface area contributed by atoms with Gasteiger partial charge in [0.25, 0.3) is 0 Å². The van der Waals surface area contributed by atoms with Gasteiger partial charge >= 0.3 is 0 Å². The zero-order valence-electron chi connectivity index (χ0n) is 20.4. The van der Waals surface area contributed by atoms with E-state index in [9.17, 15) is 21.9 Å². The van der Waals surface area contributed by atoms with Crippen LogP contribution >= 0.6 is 0 Å². The standard InChI is InChI=1S/C25H44O5S2/c1-4-6-8-10-12-14-18-31(27,28)20-23-16-17-25(26)22(3)24(23)21-32(29,30)19-15-13-11-9-7-5-2/h16-17,26H,4-15,18-21H2,1-3H3. The van der Waals surface area contributed by atoms with Crippen LogP contribution in [0.25, 0.3) is 0 Å². The Morgan fingerprint density at radius 3 is 1.59 bits per heavy atom. The Balaban J connectivity index is 2.77. The summed E-state index contributed by atoms with van der Waals surface area (Å²) in [5.41, 5.74) is 1.41. The number of hydrogen-bond donors (Lipinski definition) is 1. The van der Waals surface area contributed by atoms with Gasteiger partial charge < -0.3 is 5.11 Å². The summed E-state index contributed by atoms with van der Waals surface area (Å²) in [5, 5.41) is 10.1. The lowest BCUT2D eigenvalue weighted by atomic mass is 10.0. The summed E-state index contributed by atoms with van der Waals surface area (Å²) < 4.78 is 50.8. The van der Waals surface area contributed by atoms with Crippen molar-refractivity contribution in [3.8, 4) is 5.75 Å². The molecule has 0 radical (unpaired) electrons. The largest absolute Gasteiger partial charge is 0.508 e. The van der Waals surface area contributed by atoms with E-state index in [4.69, 9.17) is 0 Å². The number of rotatable bonds is 18. The van der Waals surface area contributed by atoms with Gasteiger partial charge in [0.15, 0.2) is 19.7 Å². The highest BCUT2D eigenvalue weighted by Crippen LogP contribution is 2.28. The van der Waals surface area contributed by atoms with Crippen LogP contribution in [0.3, 0.4) is 0 Å². The summed E-state index contributed by atoms with van der Waals surface area (Å²) in [6, 6.07) is 3.03. The molecule has 186 valence electrons. The molecule has 0 aliphatic rings. The quantitative estimate of drug-likeness (QED) is 0.247. The average Bonchev–Trinajstić information content (AvgIpc) is 2.72. The van der Waals surface area contributed by atoms with Crippen LogP contribution in [0.15, 0.2) is 12.1 Å². The highest BCUT2D eigenvalue weighted by Gasteiger charge is 2.21. The average molecular weight is 489 g/mol. The maximum absolute atomic E-state index is 12.7. The van der Waals surface area contributed by atoms with Crippen LogP contribution in [0.2, 0.25) is 0 Å². The number of unbranched alkanes of at least 4 members (excludes halogenated alkanes) is 10. The smallest absolute Gasteiger partial charge is 0.154 e. The van der Waals surface area contributed by atoms with Crippen molar-refractivity contribution < 1.29 is 21.9 Å². The van der Waals surface area contributed by atoms with Crippen LogP contribution in [0, 0.1) is 6.92 Å². The molecular formula is C25H44O5S2. The number of phenols is 1. The second kappa shape index (κ2) is 14.9. The monoisotopic (exact) mass is 488 g/mol. The Morgan fingerprint density at radius 1 is 0.656 bits per heavy atom. The van der Waals surface area contributed by atoms with Crippen molar-refractivity contribution in [2.24, 2.45) is 0 Å². The van der Waals surface area contributed by atoms with Gasteiger partial charge in [0.2, 0.25) is 0 Å². The van der Waals surface area contributed by atoms with Crippen molar-refractivity contribution in [3.63, 3.8) is 0 Å². The summed E-state index contributed by atoms with van der Waals surface area (Å²) in [5.74, 6) is -0.178. The Bertz CT molecular complexity index is 874. The molecule has 1 rings (SSSR count). The first-order valence-electron chi connectivity index (χ1n) is 12.3. The molecule has 1 aromatic rings. The van der Waals surface area contributed by atoms with Crippen molar-refractivity contribution in [3.05, 3.63) is 28.8 Å². The molecule has 0 bridgehead atoms. The molecule has 0 aromatic heterocycles. The lowest BCUT2D eigenvalue weighted by molar-refractivity contribution is 0.470. The molecule has 32 heavy (non-hydrogen) atoms. The first-order chi connectivity index (χ1) is 15.1. The molecule has 5 nitrogen and oxygen atoms in total. The van der Waals surface area contributed by atoms with Gasteiger partial charge in [-0.05, 0) is 42.5 Å². The molecule has 0 saturated heterocycles. The van der Waals surface area contributed by atoms with E-state index in [1.165, 1.54) is 18.9 Å². The van der Waals surface area contributed by atoms with Crippen LogP contribution in [-0.4, -0.2) is 33.4 Å². The topological polar surface area (TPSA) is 88.5 Å². The summed E-state index contributed by atoms with van der Waals surface area (Å²) in [4.78, 5) is 0. The summed E-state index contributed by atoms with van der Waals surface area (Å²) >= 11 is 0. The SMILES string of the molecule is CCCCCCCCS(=O)(=O)Cc1ccc(O)c(C)c1CS(=O)(=O)CCCCCCCC. The third-order valence-electron chi connectivity index (χ3n) is 6.02. The molecule has 7 heteroatoms. The van der Waals surface area contributed by atoms with Crippen molar-refractivity contribution in [2.45, 2.75) is 109 Å². The minimum atomic E-state index is -3.38. The zero-order chi connectivity index (χ0) is 24.0. The minimum Gasteiger partial charge on any atom is -0.508 e. The number of hydrogen-bond acceptors (Lipinski definition) is 5. The van der Waals surface area contributed by atoms with E-state index in [-0.39, 0.29) is 28.8 Å². The van der Waals surface area contributed by atoms with Crippen LogP contribution in [-0.2, 0) is 31.2 Å². The Hall–Kier alpha value is -1.08. The number of phenolic OH excluding ortho intramolecular Hbond substituents is 1. The van der Waals surface area contributed by atoms with Gasteiger partial charge in [-0.3, -0.25) is 0 Å². The van der Waals surface area contributed by atoms with Crippen LogP contribution < -0.4 is 0 Å². The van der Waals surface area contributed by atoms with E-state index in [0.717, 1.165) is 51.4 Å². The van der Waals surface area contributed by atoms with Crippen molar-refractivity contribution in [2.75, 3.05) is 11.5 Å². The van der Waals surface area contributed by atoms with Gasteiger partial charge in [0, 0.05) is 0 Å². The summed E-state index contributed by atoms with van der Waals surface area (Å²) in [7, 11) is -6.72. The molecule has 0 spiro atoms. The van der Waals surface area contributed by atoms with Gasteiger partial charge in [-0.1, -0.05) is 84.1 Å². The van der Waals surface area contributed by atoms with Gasteiger partial charge in [-0.15, -0.1) is 0 Å². The molecule has 1 aromatic carbocycles. The van der Waals surface area contributed by atoms with Gasteiger partial charge in [0.05, 0.1) is 23.0 Å². The Labute approximate surface area is 196 Å². The second-order valence-electron chi connectivity index (χ2n) is 9.07. The molecule has 1 N–H and O–H groups in total. The van der Waals surface area contributed by atoms with Crippen molar-refractivity contribution >= 4 is 19.7 Å². The lowest BCUT2D eigenvalue weighted by Crippen LogP contribution is -2.15. The summed E-state index contributed by atoms with van der Waals surface area (Å²) in [6.07, 6.45) is 12.0. The Morgan fingerprint density at radius 2 is 1.09 bits per heavy atom. The highest BCUT2D eigenvalue weighted by molar-refractivity contribution is 7.91. The Kier molecular flexibility index (Phi) is 13.5. The van der Waals surface area contributed by atoms with Crippen LogP contribution in [0.5, 0.6) is 5.75 Å². The first-order valence-corrected chi connectivity index (χ1v) is 16.0. The third kappa shape index (κ3) is 11.7. The van der Waals surface area contributed by atoms with E-state index in [0.29, 0.717) is 29.5 Å². The fourth-order valence-electron chi connectivity index (χ4n) is 3.94. The molecule has 0 unspecified atom stereocenters. The van der Waals surface area contributed by atoms with Crippen LogP contribution in [0.4, 0.5) is 0 Å².